The molecule has 5 aromatic carbocycles. The molecule has 0 bridgehead atoms. The molecule has 0 aliphatic carbocycles. The molecule has 1 aliphatic rings. The highest BCUT2D eigenvalue weighted by Gasteiger charge is 2.32. The number of aromatic hydroxyl groups is 2. The summed E-state index contributed by atoms with van der Waals surface area (Å²) in [7, 11) is 0. The van der Waals surface area contributed by atoms with E-state index >= 15 is 0 Å². The first-order valence-electron chi connectivity index (χ1n) is 11.3. The van der Waals surface area contributed by atoms with Crippen molar-refractivity contribution in [1.29, 1.82) is 0 Å². The van der Waals surface area contributed by atoms with Crippen LogP contribution in [0.1, 0.15) is 47.9 Å². The Bertz CT molecular complexity index is 1440. The molecule has 162 valence electrons. The van der Waals surface area contributed by atoms with Crippen LogP contribution in [0.3, 0.4) is 0 Å². The van der Waals surface area contributed by atoms with Gasteiger partial charge in [-0.3, -0.25) is 0 Å². The number of ether oxygens (including phenoxy) is 1. The summed E-state index contributed by atoms with van der Waals surface area (Å²) in [6.07, 6.45) is 0. The summed E-state index contributed by atoms with van der Waals surface area (Å²) in [6.45, 7) is 4.40. The normalized spacial score (nSPS) is 13.2. The minimum atomic E-state index is -0.0496. The summed E-state index contributed by atoms with van der Waals surface area (Å²) in [5, 5.41) is 24.2. The minimum Gasteiger partial charge on any atom is -0.508 e. The second kappa shape index (κ2) is 7.28. The summed E-state index contributed by atoms with van der Waals surface area (Å²) in [5.74, 6) is 2.57. The molecule has 0 atom stereocenters. The number of fused-ring (bicyclic) bond motifs is 6. The van der Waals surface area contributed by atoms with Crippen LogP contribution in [-0.4, -0.2) is 10.2 Å². The van der Waals surface area contributed by atoms with Crippen LogP contribution in [0.2, 0.25) is 0 Å². The van der Waals surface area contributed by atoms with Crippen molar-refractivity contribution in [2.24, 2.45) is 0 Å². The van der Waals surface area contributed by atoms with E-state index in [4.69, 9.17) is 4.74 Å². The van der Waals surface area contributed by atoms with Crippen LogP contribution in [0.4, 0.5) is 0 Å². The average molecular weight is 433 g/mol. The molecule has 3 nitrogen and oxygen atoms in total. The Morgan fingerprint density at radius 3 is 1.64 bits per heavy atom. The molecule has 6 rings (SSSR count). The Balaban J connectivity index is 1.69. The molecule has 0 saturated heterocycles. The zero-order chi connectivity index (χ0) is 22.7. The molecule has 0 amide bonds. The fourth-order valence-corrected chi connectivity index (χ4v) is 5.09. The van der Waals surface area contributed by atoms with Crippen molar-refractivity contribution in [3.63, 3.8) is 0 Å². The topological polar surface area (TPSA) is 49.7 Å². The standard InChI is InChI=1S/C30H24O3/c1-17(2)18-3-5-19(6-4-18)28-29-24-11-9-22(31)15-20(24)7-13-26(29)33-27-14-8-21-16-23(32)10-12-25(21)30(27)28/h3-17,28,31-32H,1-2H3. The Hall–Kier alpha value is -3.98. The lowest BCUT2D eigenvalue weighted by molar-refractivity contribution is 0.455. The summed E-state index contributed by atoms with van der Waals surface area (Å²) < 4.78 is 6.44. The third kappa shape index (κ3) is 3.12. The monoisotopic (exact) mass is 432 g/mol. The van der Waals surface area contributed by atoms with Gasteiger partial charge in [0.15, 0.2) is 0 Å². The van der Waals surface area contributed by atoms with Gasteiger partial charge in [0.1, 0.15) is 23.0 Å². The van der Waals surface area contributed by atoms with Crippen LogP contribution in [0.15, 0.2) is 84.9 Å². The lowest BCUT2D eigenvalue weighted by Crippen LogP contribution is -2.13. The highest BCUT2D eigenvalue weighted by atomic mass is 16.5. The highest BCUT2D eigenvalue weighted by Crippen LogP contribution is 2.52. The van der Waals surface area contributed by atoms with E-state index in [-0.39, 0.29) is 17.4 Å². The Morgan fingerprint density at radius 2 is 1.15 bits per heavy atom. The van der Waals surface area contributed by atoms with Crippen LogP contribution in [0.25, 0.3) is 21.5 Å². The molecule has 5 aromatic rings. The SMILES string of the molecule is CC(C)c1ccc(C2c3c(ccc4cc(O)ccc34)Oc3ccc4cc(O)ccc4c32)cc1. The summed E-state index contributed by atoms with van der Waals surface area (Å²) in [4.78, 5) is 0. The van der Waals surface area contributed by atoms with Gasteiger partial charge in [-0.15, -0.1) is 0 Å². The minimum absolute atomic E-state index is 0.0496. The second-order valence-electron chi connectivity index (χ2n) is 9.12. The molecule has 3 heteroatoms. The van der Waals surface area contributed by atoms with Crippen molar-refractivity contribution < 1.29 is 14.9 Å². The fourth-order valence-electron chi connectivity index (χ4n) is 5.09. The molecule has 0 unspecified atom stereocenters. The van der Waals surface area contributed by atoms with Gasteiger partial charge < -0.3 is 14.9 Å². The van der Waals surface area contributed by atoms with Crippen molar-refractivity contribution in [1.82, 2.24) is 0 Å². The number of hydrogen-bond acceptors (Lipinski definition) is 3. The van der Waals surface area contributed by atoms with E-state index in [1.54, 1.807) is 24.3 Å². The molecule has 0 fully saturated rings. The lowest BCUT2D eigenvalue weighted by atomic mass is 9.78. The molecule has 0 aromatic heterocycles. The predicted molar refractivity (Wildman–Crippen MR) is 133 cm³/mol. The van der Waals surface area contributed by atoms with Gasteiger partial charge in [-0.2, -0.15) is 0 Å². The zero-order valence-corrected chi connectivity index (χ0v) is 18.5. The van der Waals surface area contributed by atoms with Crippen LogP contribution >= 0.6 is 0 Å². The molecule has 33 heavy (non-hydrogen) atoms. The summed E-state index contributed by atoms with van der Waals surface area (Å²) in [5.41, 5.74) is 4.68. The van der Waals surface area contributed by atoms with Gasteiger partial charge in [0.05, 0.1) is 0 Å². The predicted octanol–water partition coefficient (Wildman–Crippen LogP) is 7.81. The van der Waals surface area contributed by atoms with Gasteiger partial charge in [-0.25, -0.2) is 0 Å². The number of phenolic OH excluding ortho intramolecular Hbond substituents is 2. The Labute approximate surface area is 192 Å². The van der Waals surface area contributed by atoms with Gasteiger partial charge in [0, 0.05) is 17.0 Å². The maximum atomic E-state index is 10.1. The molecule has 2 N–H and O–H groups in total. The molecule has 0 spiro atoms. The number of rotatable bonds is 2. The van der Waals surface area contributed by atoms with Gasteiger partial charge in [-0.05, 0) is 75.0 Å². The molecule has 1 heterocycles. The van der Waals surface area contributed by atoms with E-state index in [0.717, 1.165) is 44.2 Å². The van der Waals surface area contributed by atoms with E-state index in [0.29, 0.717) is 5.92 Å². The van der Waals surface area contributed by atoms with Crippen molar-refractivity contribution >= 4 is 21.5 Å². The van der Waals surface area contributed by atoms with Gasteiger partial charge in [0.25, 0.3) is 0 Å². The number of phenols is 2. The average Bonchev–Trinajstić information content (AvgIpc) is 2.82. The number of hydrogen-bond donors (Lipinski definition) is 2. The first-order chi connectivity index (χ1) is 16.0. The van der Waals surface area contributed by atoms with Crippen LogP contribution in [0.5, 0.6) is 23.0 Å². The summed E-state index contributed by atoms with van der Waals surface area (Å²) in [6, 6.07) is 27.9. The van der Waals surface area contributed by atoms with E-state index in [2.05, 4.69) is 38.1 Å². The Morgan fingerprint density at radius 1 is 0.636 bits per heavy atom. The lowest BCUT2D eigenvalue weighted by Gasteiger charge is -2.31. The largest absolute Gasteiger partial charge is 0.508 e. The molecular formula is C30H24O3. The summed E-state index contributed by atoms with van der Waals surface area (Å²) >= 11 is 0. The third-order valence-corrected chi connectivity index (χ3v) is 6.74. The maximum absolute atomic E-state index is 10.1. The molecule has 0 radical (unpaired) electrons. The van der Waals surface area contributed by atoms with Crippen LogP contribution in [0, 0.1) is 0 Å². The fraction of sp³-hybridized carbons (Fsp3) is 0.133. The van der Waals surface area contributed by atoms with E-state index in [9.17, 15) is 10.2 Å². The van der Waals surface area contributed by atoms with Crippen molar-refractivity contribution in [2.45, 2.75) is 25.7 Å². The van der Waals surface area contributed by atoms with Crippen LogP contribution in [-0.2, 0) is 0 Å². The smallest absolute Gasteiger partial charge is 0.132 e. The maximum Gasteiger partial charge on any atom is 0.132 e. The van der Waals surface area contributed by atoms with Gasteiger partial charge in [0.2, 0.25) is 0 Å². The van der Waals surface area contributed by atoms with Crippen molar-refractivity contribution in [2.75, 3.05) is 0 Å². The quantitative estimate of drug-likeness (QED) is 0.293. The Kier molecular flexibility index (Phi) is 4.34. The molecular weight excluding hydrogens is 408 g/mol. The van der Waals surface area contributed by atoms with E-state index < -0.39 is 0 Å². The number of benzene rings is 5. The van der Waals surface area contributed by atoms with Crippen molar-refractivity contribution in [3.05, 3.63) is 107 Å². The first-order valence-corrected chi connectivity index (χ1v) is 11.3. The zero-order valence-electron chi connectivity index (χ0n) is 18.5. The highest BCUT2D eigenvalue weighted by molar-refractivity contribution is 5.95. The van der Waals surface area contributed by atoms with Crippen LogP contribution < -0.4 is 4.74 Å². The molecule has 1 aliphatic heterocycles. The first kappa shape index (κ1) is 19.7. The van der Waals surface area contributed by atoms with E-state index in [1.807, 2.05) is 36.4 Å². The molecule has 0 saturated carbocycles. The van der Waals surface area contributed by atoms with Gasteiger partial charge >= 0.3 is 0 Å². The van der Waals surface area contributed by atoms with E-state index in [1.165, 1.54) is 11.1 Å². The third-order valence-electron chi connectivity index (χ3n) is 6.74. The second-order valence-corrected chi connectivity index (χ2v) is 9.12. The van der Waals surface area contributed by atoms with Gasteiger partial charge in [-0.1, -0.05) is 62.4 Å². The van der Waals surface area contributed by atoms with Crippen molar-refractivity contribution in [3.8, 4) is 23.0 Å².